The van der Waals surface area contributed by atoms with Crippen LogP contribution in [0.25, 0.3) is 0 Å². The summed E-state index contributed by atoms with van der Waals surface area (Å²) in [7, 11) is 0. The topological polar surface area (TPSA) is 140 Å². The fraction of sp³-hybridized carbons (Fsp3) is 0.289. The van der Waals surface area contributed by atoms with Crippen molar-refractivity contribution >= 4 is 23.8 Å². The Hall–Kier alpha value is -6.00. The summed E-state index contributed by atoms with van der Waals surface area (Å²) in [6.07, 6.45) is 4.12. The Labute approximate surface area is 323 Å². The minimum absolute atomic E-state index is 0.0580. The molecule has 4 aromatic rings. The van der Waals surface area contributed by atoms with E-state index in [4.69, 9.17) is 14.2 Å². The highest BCUT2D eigenvalue weighted by atomic mass is 16.6. The van der Waals surface area contributed by atoms with Gasteiger partial charge in [0.1, 0.15) is 25.6 Å². The van der Waals surface area contributed by atoms with Gasteiger partial charge < -0.3 is 30.0 Å². The molecule has 3 N–H and O–H groups in total. The molecule has 4 atom stereocenters. The Morgan fingerprint density at radius 1 is 0.618 bits per heavy atom. The van der Waals surface area contributed by atoms with Gasteiger partial charge in [0.15, 0.2) is 6.04 Å². The third-order valence-electron chi connectivity index (χ3n) is 8.82. The largest absolute Gasteiger partial charge is 0.489 e. The number of allylic oxidation sites excluding steroid dienone is 2. The van der Waals surface area contributed by atoms with Crippen LogP contribution in [0.3, 0.4) is 0 Å². The molecule has 4 rings (SSSR count). The fourth-order valence-electron chi connectivity index (χ4n) is 5.84. The van der Waals surface area contributed by atoms with Crippen LogP contribution in [0.15, 0.2) is 141 Å². The van der Waals surface area contributed by atoms with Crippen LogP contribution in [0.2, 0.25) is 0 Å². The summed E-state index contributed by atoms with van der Waals surface area (Å²) >= 11 is 0. The van der Waals surface area contributed by atoms with Gasteiger partial charge in [0.2, 0.25) is 11.8 Å². The molecule has 0 heterocycles. The van der Waals surface area contributed by atoms with Crippen LogP contribution < -0.4 is 15.4 Å². The zero-order chi connectivity index (χ0) is 39.3. The van der Waals surface area contributed by atoms with Crippen LogP contribution in [-0.2, 0) is 54.7 Å². The summed E-state index contributed by atoms with van der Waals surface area (Å²) in [5.41, 5.74) is 3.59. The second-order valence-electron chi connectivity index (χ2n) is 13.2. The van der Waals surface area contributed by atoms with E-state index >= 15 is 0 Å². The molecule has 0 bridgehead atoms. The number of amides is 2. The third kappa shape index (κ3) is 14.7. The summed E-state index contributed by atoms with van der Waals surface area (Å²) < 4.78 is 17.0. The van der Waals surface area contributed by atoms with E-state index in [-0.39, 0.29) is 26.1 Å². The van der Waals surface area contributed by atoms with Crippen LogP contribution in [0.1, 0.15) is 41.5 Å². The Kier molecular flexibility index (Phi) is 17.4. The molecule has 288 valence electrons. The Balaban J connectivity index is 1.36. The van der Waals surface area contributed by atoms with E-state index in [0.717, 1.165) is 22.3 Å². The Morgan fingerprint density at radius 3 is 1.75 bits per heavy atom. The van der Waals surface area contributed by atoms with Crippen molar-refractivity contribution in [3.63, 3.8) is 0 Å². The minimum Gasteiger partial charge on any atom is -0.489 e. The molecule has 0 saturated heterocycles. The maximum atomic E-state index is 13.6. The first-order valence-electron chi connectivity index (χ1n) is 18.4. The van der Waals surface area contributed by atoms with Crippen molar-refractivity contribution in [1.82, 2.24) is 10.6 Å². The molecular weight excluding hydrogens is 697 g/mol. The zero-order valence-corrected chi connectivity index (χ0v) is 31.0. The van der Waals surface area contributed by atoms with Crippen molar-refractivity contribution in [2.45, 2.75) is 57.4 Å². The van der Waals surface area contributed by atoms with Gasteiger partial charge in [-0.25, -0.2) is 4.79 Å². The summed E-state index contributed by atoms with van der Waals surface area (Å²) in [6.45, 7) is 7.07. The number of esters is 2. The average molecular weight is 747 g/mol. The molecule has 4 aromatic carbocycles. The number of carbonyl (C=O) groups is 4. The molecule has 4 unspecified atom stereocenters. The van der Waals surface area contributed by atoms with Gasteiger partial charge in [0.25, 0.3) is 0 Å². The van der Waals surface area contributed by atoms with Gasteiger partial charge >= 0.3 is 11.9 Å². The molecule has 0 aliphatic carbocycles. The molecular formula is C45H50N2O8. The van der Waals surface area contributed by atoms with Crippen LogP contribution in [0.4, 0.5) is 0 Å². The van der Waals surface area contributed by atoms with Crippen molar-refractivity contribution in [2.24, 2.45) is 11.8 Å². The normalized spacial score (nSPS) is 12.9. The van der Waals surface area contributed by atoms with E-state index in [9.17, 15) is 24.3 Å². The first-order chi connectivity index (χ1) is 26.8. The van der Waals surface area contributed by atoms with Crippen molar-refractivity contribution in [3.8, 4) is 5.75 Å². The molecule has 0 aliphatic heterocycles. The van der Waals surface area contributed by atoms with Gasteiger partial charge in [-0.1, -0.05) is 115 Å². The zero-order valence-electron chi connectivity index (χ0n) is 31.0. The second kappa shape index (κ2) is 22.9. The average Bonchev–Trinajstić information content (AvgIpc) is 3.21. The van der Waals surface area contributed by atoms with E-state index in [1.54, 1.807) is 18.2 Å². The van der Waals surface area contributed by atoms with Gasteiger partial charge in [-0.05, 0) is 60.1 Å². The standard InChI is InChI=1S/C45H50N2O8/c1-3-14-37(28-42(49)46-39(29-48)27-34-22-24-40(25-23-34)53-30-35-18-10-6-11-19-35)43(50)47-41(45(52)54-31-36-20-12-7-13-21-36)32-55-44(51)38(15-4-2)26-33-16-8-5-9-17-33/h3-13,16-25,37-39,41,48H,1-2,14-15,26-32H2,(H,46,49)(H,47,50). The van der Waals surface area contributed by atoms with Crippen molar-refractivity contribution < 1.29 is 38.5 Å². The van der Waals surface area contributed by atoms with Crippen molar-refractivity contribution in [2.75, 3.05) is 13.2 Å². The number of benzene rings is 4. The highest BCUT2D eigenvalue weighted by Crippen LogP contribution is 2.18. The monoisotopic (exact) mass is 746 g/mol. The smallest absolute Gasteiger partial charge is 0.332 e. The minimum atomic E-state index is -1.35. The maximum Gasteiger partial charge on any atom is 0.332 e. The molecule has 2 amide bonds. The molecule has 0 aliphatic rings. The van der Waals surface area contributed by atoms with E-state index in [1.807, 2.05) is 103 Å². The van der Waals surface area contributed by atoms with Crippen molar-refractivity contribution in [1.29, 1.82) is 0 Å². The molecule has 10 nitrogen and oxygen atoms in total. The van der Waals surface area contributed by atoms with Crippen LogP contribution in [0.5, 0.6) is 5.75 Å². The highest BCUT2D eigenvalue weighted by Gasteiger charge is 2.30. The first kappa shape index (κ1) is 41.8. The summed E-state index contributed by atoms with van der Waals surface area (Å²) in [6, 6.07) is 33.8. The molecule has 0 aromatic heterocycles. The number of rotatable bonds is 23. The van der Waals surface area contributed by atoms with Gasteiger partial charge in [0, 0.05) is 6.42 Å². The second-order valence-corrected chi connectivity index (χ2v) is 13.2. The highest BCUT2D eigenvalue weighted by molar-refractivity contribution is 5.89. The van der Waals surface area contributed by atoms with Gasteiger partial charge in [-0.15, -0.1) is 13.2 Å². The maximum absolute atomic E-state index is 13.6. The number of carbonyl (C=O) groups excluding carboxylic acids is 4. The summed E-state index contributed by atoms with van der Waals surface area (Å²) in [4.78, 5) is 53.5. The molecule has 55 heavy (non-hydrogen) atoms. The van der Waals surface area contributed by atoms with E-state index < -0.39 is 54.3 Å². The van der Waals surface area contributed by atoms with Gasteiger partial charge in [-0.2, -0.15) is 0 Å². The number of ether oxygens (including phenoxy) is 3. The quantitative estimate of drug-likeness (QED) is 0.0614. The van der Waals surface area contributed by atoms with Gasteiger partial charge in [0.05, 0.1) is 24.5 Å². The molecule has 0 radical (unpaired) electrons. The molecule has 10 heteroatoms. The predicted octanol–water partition coefficient (Wildman–Crippen LogP) is 6.07. The molecule has 0 fully saturated rings. The fourth-order valence-corrected chi connectivity index (χ4v) is 5.84. The molecule has 0 saturated carbocycles. The SMILES string of the molecule is C=CCC(CC(=O)NC(CO)Cc1ccc(OCc2ccccc2)cc1)C(=O)NC(COC(=O)C(CC=C)Cc1ccccc1)C(=O)OCc1ccccc1. The summed E-state index contributed by atoms with van der Waals surface area (Å²) in [5.74, 6) is -3.21. The lowest BCUT2D eigenvalue weighted by atomic mass is 9.96. The first-order valence-corrected chi connectivity index (χ1v) is 18.4. The van der Waals surface area contributed by atoms with E-state index in [2.05, 4.69) is 23.8 Å². The molecule has 0 spiro atoms. The Bertz CT molecular complexity index is 1800. The van der Waals surface area contributed by atoms with Crippen LogP contribution >= 0.6 is 0 Å². The van der Waals surface area contributed by atoms with E-state index in [1.165, 1.54) is 6.08 Å². The number of aliphatic hydroxyl groups excluding tert-OH is 1. The van der Waals surface area contributed by atoms with E-state index in [0.29, 0.717) is 31.6 Å². The van der Waals surface area contributed by atoms with Gasteiger partial charge in [-0.3, -0.25) is 14.4 Å². The number of hydrogen-bond donors (Lipinski definition) is 3. The number of hydrogen-bond acceptors (Lipinski definition) is 8. The third-order valence-corrected chi connectivity index (χ3v) is 8.82. The lowest BCUT2D eigenvalue weighted by molar-refractivity contribution is -0.157. The van der Waals surface area contributed by atoms with Crippen LogP contribution in [0, 0.1) is 11.8 Å². The predicted molar refractivity (Wildman–Crippen MR) is 210 cm³/mol. The lowest BCUT2D eigenvalue weighted by Crippen LogP contribution is -2.48. The Morgan fingerprint density at radius 2 is 1.16 bits per heavy atom. The van der Waals surface area contributed by atoms with Crippen molar-refractivity contribution in [3.05, 3.63) is 163 Å². The lowest BCUT2D eigenvalue weighted by Gasteiger charge is -2.23. The summed E-state index contributed by atoms with van der Waals surface area (Å²) in [5, 5.41) is 15.6. The van der Waals surface area contributed by atoms with Crippen LogP contribution in [-0.4, -0.2) is 54.2 Å². The number of aliphatic hydroxyl groups is 1. The number of nitrogens with one attached hydrogen (secondary N) is 2.